The third-order valence-corrected chi connectivity index (χ3v) is 6.44. The number of nitrogens with zero attached hydrogens (tertiary/aromatic N) is 1. The van der Waals surface area contributed by atoms with Gasteiger partial charge in [-0.1, -0.05) is 36.9 Å². The summed E-state index contributed by atoms with van der Waals surface area (Å²) in [5.41, 5.74) is 8.53. The summed E-state index contributed by atoms with van der Waals surface area (Å²) in [5, 5.41) is 1.88. The van der Waals surface area contributed by atoms with Crippen LogP contribution in [0.3, 0.4) is 0 Å². The van der Waals surface area contributed by atoms with E-state index in [-0.39, 0.29) is 22.9 Å². The van der Waals surface area contributed by atoms with Crippen LogP contribution in [-0.4, -0.2) is 37.9 Å². The Morgan fingerprint density at radius 3 is 2.50 bits per heavy atom. The number of fused-ring (bicyclic) bond motifs is 3. The number of primary amides is 1. The molecule has 3 aromatic rings. The van der Waals surface area contributed by atoms with Gasteiger partial charge in [0.05, 0.1) is 11.4 Å². The second-order valence-electron chi connectivity index (χ2n) is 7.46. The molecule has 1 heterocycles. The molecule has 0 saturated carbocycles. The Hall–Kier alpha value is -3.45. The molecule has 0 radical (unpaired) electrons. The third kappa shape index (κ3) is 3.48. The summed E-state index contributed by atoms with van der Waals surface area (Å²) >= 11 is 0. The molecule has 2 amide bonds. The maximum Gasteiger partial charge on any atom is 0.254 e. The molecule has 0 fully saturated rings. The first-order valence-electron chi connectivity index (χ1n) is 9.28. The smallest absolute Gasteiger partial charge is 0.254 e. The van der Waals surface area contributed by atoms with E-state index in [1.54, 1.807) is 29.2 Å². The number of sulfone groups is 1. The molecular formula is C23H20N2O4S. The van der Waals surface area contributed by atoms with Gasteiger partial charge in [-0.05, 0) is 51.7 Å². The zero-order valence-electron chi connectivity index (χ0n) is 16.4. The van der Waals surface area contributed by atoms with Gasteiger partial charge in [-0.3, -0.25) is 9.59 Å². The van der Waals surface area contributed by atoms with Crippen LogP contribution in [0.4, 0.5) is 0 Å². The lowest BCUT2D eigenvalue weighted by Crippen LogP contribution is -2.30. The zero-order valence-corrected chi connectivity index (χ0v) is 17.2. The monoisotopic (exact) mass is 420 g/mol. The molecular weight excluding hydrogens is 400 g/mol. The van der Waals surface area contributed by atoms with Crippen LogP contribution < -0.4 is 5.73 Å². The van der Waals surface area contributed by atoms with Crippen LogP contribution in [0, 0.1) is 0 Å². The first-order valence-corrected chi connectivity index (χ1v) is 11.2. The minimum absolute atomic E-state index is 0.0838. The van der Waals surface area contributed by atoms with Crippen molar-refractivity contribution in [3.63, 3.8) is 0 Å². The van der Waals surface area contributed by atoms with Crippen molar-refractivity contribution in [3.05, 3.63) is 77.9 Å². The summed E-state index contributed by atoms with van der Waals surface area (Å²) in [7, 11) is -3.32. The maximum absolute atomic E-state index is 12.8. The van der Waals surface area contributed by atoms with Gasteiger partial charge in [0.15, 0.2) is 9.84 Å². The van der Waals surface area contributed by atoms with Gasteiger partial charge in [0, 0.05) is 23.9 Å². The molecule has 1 aliphatic heterocycles. The molecule has 0 spiro atoms. The maximum atomic E-state index is 12.8. The number of nitrogens with two attached hydrogens (primary N) is 1. The Balaban J connectivity index is 1.78. The predicted octanol–water partition coefficient (Wildman–Crippen LogP) is 2.91. The molecule has 1 aliphatic rings. The molecule has 30 heavy (non-hydrogen) atoms. The topological polar surface area (TPSA) is 97.5 Å². The number of amides is 2. The number of benzene rings is 3. The van der Waals surface area contributed by atoms with Crippen molar-refractivity contribution in [2.75, 3.05) is 12.8 Å². The van der Waals surface area contributed by atoms with E-state index >= 15 is 0 Å². The van der Waals surface area contributed by atoms with E-state index < -0.39 is 15.7 Å². The molecule has 152 valence electrons. The van der Waals surface area contributed by atoms with E-state index in [0.29, 0.717) is 12.1 Å². The summed E-state index contributed by atoms with van der Waals surface area (Å²) in [6.07, 6.45) is 1.18. The Kier molecular flexibility index (Phi) is 4.70. The molecule has 0 bridgehead atoms. The summed E-state index contributed by atoms with van der Waals surface area (Å²) < 4.78 is 23.8. The molecule has 7 heteroatoms. The molecule has 6 nitrogen and oxygen atoms in total. The van der Waals surface area contributed by atoms with Crippen molar-refractivity contribution in [2.24, 2.45) is 5.73 Å². The normalized spacial score (nSPS) is 13.5. The fraction of sp³-hybridized carbons (Fsp3) is 0.130. The largest absolute Gasteiger partial charge is 0.366 e. The van der Waals surface area contributed by atoms with Crippen LogP contribution in [0.15, 0.2) is 71.6 Å². The highest BCUT2D eigenvalue weighted by Gasteiger charge is 2.29. The van der Waals surface area contributed by atoms with Crippen molar-refractivity contribution >= 4 is 32.4 Å². The number of carbonyl (C=O) groups is 2. The average molecular weight is 420 g/mol. The van der Waals surface area contributed by atoms with E-state index in [1.807, 2.05) is 30.3 Å². The lowest BCUT2D eigenvalue weighted by Gasteiger charge is -2.15. The highest BCUT2D eigenvalue weighted by molar-refractivity contribution is 7.90. The molecule has 0 saturated heterocycles. The lowest BCUT2D eigenvalue weighted by molar-refractivity contribution is -0.114. The van der Waals surface area contributed by atoms with Gasteiger partial charge < -0.3 is 10.6 Å². The number of hydrogen-bond acceptors (Lipinski definition) is 4. The first-order chi connectivity index (χ1) is 14.1. The van der Waals surface area contributed by atoms with Gasteiger partial charge >= 0.3 is 0 Å². The van der Waals surface area contributed by atoms with Gasteiger partial charge in [-0.2, -0.15) is 0 Å². The minimum atomic E-state index is -3.32. The molecule has 4 rings (SSSR count). The van der Waals surface area contributed by atoms with Crippen LogP contribution in [-0.2, 0) is 21.2 Å². The highest BCUT2D eigenvalue weighted by Crippen LogP contribution is 2.34. The van der Waals surface area contributed by atoms with E-state index in [9.17, 15) is 18.0 Å². The fourth-order valence-corrected chi connectivity index (χ4v) is 4.37. The van der Waals surface area contributed by atoms with Crippen LogP contribution in [0.1, 0.15) is 15.9 Å². The van der Waals surface area contributed by atoms with Crippen molar-refractivity contribution in [1.82, 2.24) is 4.90 Å². The molecule has 0 atom stereocenters. The van der Waals surface area contributed by atoms with Crippen LogP contribution in [0.2, 0.25) is 0 Å². The minimum Gasteiger partial charge on any atom is -0.366 e. The number of hydrogen-bond donors (Lipinski definition) is 1. The molecule has 0 aliphatic carbocycles. The second-order valence-corrected chi connectivity index (χ2v) is 9.47. The predicted molar refractivity (Wildman–Crippen MR) is 116 cm³/mol. The standard InChI is InChI=1S/C23H20N2O4S/c1-14(22(24)26)12-25-13-21-19(23(25)27)9-8-15-6-7-17(11-20(15)21)16-4-3-5-18(10-16)30(2,28)29/h3-11H,1,12-13H2,2H3,(H2,24,26). The van der Waals surface area contributed by atoms with Crippen molar-refractivity contribution in [2.45, 2.75) is 11.4 Å². The van der Waals surface area contributed by atoms with Crippen molar-refractivity contribution in [1.29, 1.82) is 0 Å². The summed E-state index contributed by atoms with van der Waals surface area (Å²) in [4.78, 5) is 25.9. The lowest BCUT2D eigenvalue weighted by atomic mass is 9.96. The quantitative estimate of drug-likeness (QED) is 0.642. The van der Waals surface area contributed by atoms with E-state index in [1.165, 1.54) is 6.26 Å². The van der Waals surface area contributed by atoms with Gasteiger partial charge in [0.25, 0.3) is 5.91 Å². The van der Waals surface area contributed by atoms with Crippen molar-refractivity contribution < 1.29 is 18.0 Å². The number of rotatable bonds is 5. The summed E-state index contributed by atoms with van der Waals surface area (Å²) in [6.45, 7) is 4.08. The van der Waals surface area contributed by atoms with Gasteiger partial charge in [0.1, 0.15) is 0 Å². The third-order valence-electron chi connectivity index (χ3n) is 5.33. The molecule has 0 unspecified atom stereocenters. The Morgan fingerprint density at radius 2 is 1.80 bits per heavy atom. The summed E-state index contributed by atoms with van der Waals surface area (Å²) in [6, 6.07) is 16.3. The van der Waals surface area contributed by atoms with E-state index in [4.69, 9.17) is 5.73 Å². The Morgan fingerprint density at radius 1 is 1.10 bits per heavy atom. The summed E-state index contributed by atoms with van der Waals surface area (Å²) in [5.74, 6) is -0.796. The van der Waals surface area contributed by atoms with Crippen molar-refractivity contribution in [3.8, 4) is 11.1 Å². The SMILES string of the molecule is C=C(CN1Cc2c(ccc3ccc(-c4cccc(S(C)(=O)=O)c4)cc23)C1=O)C(N)=O. The van der Waals surface area contributed by atoms with Gasteiger partial charge in [-0.15, -0.1) is 0 Å². The van der Waals surface area contributed by atoms with E-state index in [0.717, 1.165) is 27.5 Å². The van der Waals surface area contributed by atoms with Gasteiger partial charge in [-0.25, -0.2) is 8.42 Å². The molecule has 3 aromatic carbocycles. The van der Waals surface area contributed by atoms with Crippen LogP contribution in [0.5, 0.6) is 0 Å². The Labute approximate surface area is 174 Å². The highest BCUT2D eigenvalue weighted by atomic mass is 32.2. The van der Waals surface area contributed by atoms with E-state index in [2.05, 4.69) is 6.58 Å². The van der Waals surface area contributed by atoms with Gasteiger partial charge in [0.2, 0.25) is 5.91 Å². The molecule has 0 aromatic heterocycles. The zero-order chi connectivity index (χ0) is 21.6. The Bertz CT molecular complexity index is 1340. The molecule has 2 N–H and O–H groups in total. The second kappa shape index (κ2) is 7.11. The van der Waals surface area contributed by atoms with Crippen LogP contribution >= 0.6 is 0 Å². The number of carbonyl (C=O) groups excluding carboxylic acids is 2. The van der Waals surface area contributed by atoms with Crippen LogP contribution in [0.25, 0.3) is 21.9 Å². The first kappa shape index (κ1) is 19.8. The fourth-order valence-electron chi connectivity index (χ4n) is 3.71. The average Bonchev–Trinajstić information content (AvgIpc) is 3.03.